The first-order valence-corrected chi connectivity index (χ1v) is 6.39. The van der Waals surface area contributed by atoms with Gasteiger partial charge < -0.3 is 15.5 Å². The van der Waals surface area contributed by atoms with Crippen LogP contribution in [0.2, 0.25) is 0 Å². The number of hydrogen-bond donors (Lipinski definition) is 2. The van der Waals surface area contributed by atoms with Gasteiger partial charge in [0.05, 0.1) is 0 Å². The summed E-state index contributed by atoms with van der Waals surface area (Å²) >= 11 is 1.66. The van der Waals surface area contributed by atoms with Crippen LogP contribution in [0, 0.1) is 0 Å². The zero-order valence-electron chi connectivity index (χ0n) is 8.91. The van der Waals surface area contributed by atoms with Gasteiger partial charge in [0.25, 0.3) is 0 Å². The van der Waals surface area contributed by atoms with Crippen molar-refractivity contribution in [3.63, 3.8) is 0 Å². The predicted octanol–water partition coefficient (Wildman–Crippen LogP) is 0.850. The zero-order chi connectivity index (χ0) is 10.3. The van der Waals surface area contributed by atoms with Crippen LogP contribution in [0.1, 0.15) is 6.42 Å². The fraction of sp³-hybridized carbons (Fsp3) is 0.700. The summed E-state index contributed by atoms with van der Waals surface area (Å²) in [5, 5.41) is 9.73. The summed E-state index contributed by atoms with van der Waals surface area (Å²) in [5.41, 5.74) is 0. The van der Waals surface area contributed by atoms with Gasteiger partial charge in [0, 0.05) is 44.3 Å². The molecule has 0 unspecified atom stereocenters. The Morgan fingerprint density at radius 1 is 1.47 bits per heavy atom. The van der Waals surface area contributed by atoms with Crippen LogP contribution in [0.4, 0.5) is 5.13 Å². The molecule has 0 radical (unpaired) electrons. The molecule has 0 bridgehead atoms. The van der Waals surface area contributed by atoms with E-state index in [1.165, 1.54) is 26.1 Å². The van der Waals surface area contributed by atoms with Gasteiger partial charge in [-0.3, -0.25) is 0 Å². The molecule has 1 aromatic rings. The van der Waals surface area contributed by atoms with E-state index in [0.717, 1.165) is 24.8 Å². The van der Waals surface area contributed by atoms with Crippen LogP contribution >= 0.6 is 11.3 Å². The Bertz CT molecular complexity index is 256. The van der Waals surface area contributed by atoms with Crippen LogP contribution in [0.3, 0.4) is 0 Å². The highest BCUT2D eigenvalue weighted by Crippen LogP contribution is 2.09. The number of nitrogens with zero attached hydrogens (tertiary/aromatic N) is 2. The number of hydrogen-bond acceptors (Lipinski definition) is 5. The minimum absolute atomic E-state index is 1.03. The van der Waals surface area contributed by atoms with E-state index in [1.54, 1.807) is 11.3 Å². The Kier molecular flexibility index (Phi) is 4.38. The third kappa shape index (κ3) is 3.77. The van der Waals surface area contributed by atoms with Gasteiger partial charge in [-0.05, 0) is 13.0 Å². The van der Waals surface area contributed by atoms with Gasteiger partial charge in [0.2, 0.25) is 0 Å². The second-order valence-electron chi connectivity index (χ2n) is 3.71. The SMILES string of the molecule is c1csc(NCCCN2CCNCC2)n1. The number of anilines is 1. The van der Waals surface area contributed by atoms with E-state index >= 15 is 0 Å². The van der Waals surface area contributed by atoms with Gasteiger partial charge in [-0.1, -0.05) is 0 Å². The second kappa shape index (κ2) is 6.05. The molecular formula is C10H18N4S. The molecule has 2 heterocycles. The quantitative estimate of drug-likeness (QED) is 0.730. The maximum atomic E-state index is 4.18. The first-order valence-electron chi connectivity index (χ1n) is 5.51. The predicted molar refractivity (Wildman–Crippen MR) is 64.5 cm³/mol. The first kappa shape index (κ1) is 10.9. The van der Waals surface area contributed by atoms with E-state index in [-0.39, 0.29) is 0 Å². The molecule has 1 aliphatic rings. The standard InChI is InChI=1S/C10H18N4S/c1(2-12-10-13-5-9-15-10)6-14-7-3-11-4-8-14/h5,9,11H,1-4,6-8H2,(H,12,13). The summed E-state index contributed by atoms with van der Waals surface area (Å²) in [4.78, 5) is 6.70. The topological polar surface area (TPSA) is 40.2 Å². The van der Waals surface area contributed by atoms with Crippen molar-refractivity contribution in [3.8, 4) is 0 Å². The summed E-state index contributed by atoms with van der Waals surface area (Å²) in [5.74, 6) is 0. The van der Waals surface area contributed by atoms with Gasteiger partial charge in [0.15, 0.2) is 5.13 Å². The molecule has 0 amide bonds. The van der Waals surface area contributed by atoms with E-state index < -0.39 is 0 Å². The molecule has 1 aromatic heterocycles. The van der Waals surface area contributed by atoms with E-state index in [9.17, 15) is 0 Å². The maximum Gasteiger partial charge on any atom is 0.182 e. The maximum absolute atomic E-state index is 4.18. The summed E-state index contributed by atoms with van der Waals surface area (Å²) in [6.45, 7) is 6.88. The Morgan fingerprint density at radius 3 is 3.07 bits per heavy atom. The van der Waals surface area contributed by atoms with Crippen LogP contribution < -0.4 is 10.6 Å². The average molecular weight is 226 g/mol. The Hall–Kier alpha value is -0.650. The van der Waals surface area contributed by atoms with Gasteiger partial charge in [-0.25, -0.2) is 4.98 Å². The van der Waals surface area contributed by atoms with Crippen LogP contribution in [-0.4, -0.2) is 49.2 Å². The minimum Gasteiger partial charge on any atom is -0.361 e. The molecule has 1 aliphatic heterocycles. The number of thiazole rings is 1. The molecule has 0 saturated carbocycles. The molecule has 2 rings (SSSR count). The lowest BCUT2D eigenvalue weighted by Gasteiger charge is -2.26. The molecule has 2 N–H and O–H groups in total. The zero-order valence-corrected chi connectivity index (χ0v) is 9.72. The van der Waals surface area contributed by atoms with E-state index in [1.807, 2.05) is 11.6 Å². The molecule has 0 aliphatic carbocycles. The molecule has 0 spiro atoms. The van der Waals surface area contributed by atoms with Gasteiger partial charge in [-0.2, -0.15) is 0 Å². The second-order valence-corrected chi connectivity index (χ2v) is 4.60. The van der Waals surface area contributed by atoms with E-state index in [4.69, 9.17) is 0 Å². The summed E-state index contributed by atoms with van der Waals surface area (Å²) in [6, 6.07) is 0. The number of nitrogens with one attached hydrogen (secondary N) is 2. The molecular weight excluding hydrogens is 208 g/mol. The Morgan fingerprint density at radius 2 is 2.33 bits per heavy atom. The molecule has 4 nitrogen and oxygen atoms in total. The summed E-state index contributed by atoms with van der Waals surface area (Å²) in [6.07, 6.45) is 3.03. The normalized spacial score (nSPS) is 17.9. The molecule has 15 heavy (non-hydrogen) atoms. The largest absolute Gasteiger partial charge is 0.361 e. The van der Waals surface area contributed by atoms with Crippen molar-refractivity contribution in [3.05, 3.63) is 11.6 Å². The summed E-state index contributed by atoms with van der Waals surface area (Å²) < 4.78 is 0. The third-order valence-corrected chi connectivity index (χ3v) is 3.30. The molecule has 0 aromatic carbocycles. The molecule has 84 valence electrons. The number of rotatable bonds is 5. The van der Waals surface area contributed by atoms with Crippen LogP contribution in [0.5, 0.6) is 0 Å². The van der Waals surface area contributed by atoms with Crippen LogP contribution in [0.15, 0.2) is 11.6 Å². The average Bonchev–Trinajstić information content (AvgIpc) is 2.79. The fourth-order valence-corrected chi connectivity index (χ4v) is 2.30. The van der Waals surface area contributed by atoms with Gasteiger partial charge in [0.1, 0.15) is 0 Å². The molecule has 1 saturated heterocycles. The smallest absolute Gasteiger partial charge is 0.182 e. The van der Waals surface area contributed by atoms with E-state index in [0.29, 0.717) is 0 Å². The highest BCUT2D eigenvalue weighted by atomic mass is 32.1. The van der Waals surface area contributed by atoms with E-state index in [2.05, 4.69) is 20.5 Å². The lowest BCUT2D eigenvalue weighted by atomic mass is 10.3. The molecule has 1 fully saturated rings. The number of piperazine rings is 1. The minimum atomic E-state index is 1.03. The first-order chi connectivity index (χ1) is 7.45. The Balaban J connectivity index is 1.54. The van der Waals surface area contributed by atoms with Gasteiger partial charge in [-0.15, -0.1) is 11.3 Å². The van der Waals surface area contributed by atoms with Crippen LogP contribution in [-0.2, 0) is 0 Å². The van der Waals surface area contributed by atoms with Crippen molar-refractivity contribution in [1.29, 1.82) is 0 Å². The van der Waals surface area contributed by atoms with Crippen LogP contribution in [0.25, 0.3) is 0 Å². The van der Waals surface area contributed by atoms with Crippen molar-refractivity contribution in [2.75, 3.05) is 44.6 Å². The molecule has 0 atom stereocenters. The third-order valence-electron chi connectivity index (χ3n) is 2.57. The van der Waals surface area contributed by atoms with Crippen molar-refractivity contribution >= 4 is 16.5 Å². The highest BCUT2D eigenvalue weighted by Gasteiger charge is 2.07. The number of aromatic nitrogens is 1. The molecule has 5 heteroatoms. The van der Waals surface area contributed by atoms with Crippen molar-refractivity contribution in [2.24, 2.45) is 0 Å². The summed E-state index contributed by atoms with van der Waals surface area (Å²) in [7, 11) is 0. The fourth-order valence-electron chi connectivity index (χ4n) is 1.74. The van der Waals surface area contributed by atoms with Crippen molar-refractivity contribution in [2.45, 2.75) is 6.42 Å². The lowest BCUT2D eigenvalue weighted by Crippen LogP contribution is -2.44. The van der Waals surface area contributed by atoms with Crippen molar-refractivity contribution in [1.82, 2.24) is 15.2 Å². The van der Waals surface area contributed by atoms with Crippen molar-refractivity contribution < 1.29 is 0 Å². The lowest BCUT2D eigenvalue weighted by molar-refractivity contribution is 0.240. The monoisotopic (exact) mass is 226 g/mol. The highest BCUT2D eigenvalue weighted by molar-refractivity contribution is 7.13. The van der Waals surface area contributed by atoms with Gasteiger partial charge >= 0.3 is 0 Å². The Labute approximate surface area is 94.7 Å².